The van der Waals surface area contributed by atoms with Crippen LogP contribution in [0, 0.1) is 0 Å². The molecule has 0 heterocycles. The van der Waals surface area contributed by atoms with Crippen LogP contribution in [0.2, 0.25) is 0 Å². The minimum absolute atomic E-state index is 1.07. The average molecular weight is 244 g/mol. The van der Waals surface area contributed by atoms with Gasteiger partial charge in [0.25, 0.3) is 0 Å². The largest absolute Gasteiger partial charge is 0.0995 e. The zero-order valence-corrected chi connectivity index (χ0v) is 12.4. The Bertz CT molecular complexity index is 359. The molecule has 0 aromatic heterocycles. The van der Waals surface area contributed by atoms with Crippen molar-refractivity contribution in [2.75, 3.05) is 0 Å². The first-order valence-electron chi connectivity index (χ1n) is 7.24. The molecule has 1 rings (SSSR count). The van der Waals surface area contributed by atoms with Crippen LogP contribution in [0.3, 0.4) is 0 Å². The lowest BCUT2D eigenvalue weighted by atomic mass is 9.98. The van der Waals surface area contributed by atoms with E-state index in [9.17, 15) is 0 Å². The van der Waals surface area contributed by atoms with Gasteiger partial charge in [0.05, 0.1) is 0 Å². The van der Waals surface area contributed by atoms with Gasteiger partial charge in [-0.25, -0.2) is 0 Å². The third kappa shape index (κ3) is 6.05. The molecule has 0 aromatic rings. The Morgan fingerprint density at radius 2 is 2.06 bits per heavy atom. The van der Waals surface area contributed by atoms with Crippen molar-refractivity contribution in [3.05, 3.63) is 47.1 Å². The van der Waals surface area contributed by atoms with Crippen LogP contribution in [-0.4, -0.2) is 0 Å². The topological polar surface area (TPSA) is 0 Å². The second-order valence-electron chi connectivity index (χ2n) is 5.67. The van der Waals surface area contributed by atoms with Gasteiger partial charge in [-0.15, -0.1) is 0 Å². The first-order valence-corrected chi connectivity index (χ1v) is 7.24. The molecule has 0 saturated heterocycles. The van der Waals surface area contributed by atoms with E-state index in [1.807, 2.05) is 0 Å². The van der Waals surface area contributed by atoms with E-state index in [1.165, 1.54) is 48.0 Å². The van der Waals surface area contributed by atoms with Crippen LogP contribution in [0.25, 0.3) is 0 Å². The Morgan fingerprint density at radius 3 is 2.67 bits per heavy atom. The number of hydrogen-bond donors (Lipinski definition) is 0. The highest BCUT2D eigenvalue weighted by Gasteiger charge is 2.00. The van der Waals surface area contributed by atoms with Crippen molar-refractivity contribution in [3.8, 4) is 0 Å². The molecule has 0 saturated carbocycles. The third-order valence-corrected chi connectivity index (χ3v) is 3.69. The molecule has 0 spiro atoms. The SMILES string of the molecule is C=C(CC/C=C/C1=CCCCC1)CC(C)=C(C)C. The van der Waals surface area contributed by atoms with E-state index in [0.717, 1.165) is 19.3 Å². The van der Waals surface area contributed by atoms with Crippen molar-refractivity contribution in [3.63, 3.8) is 0 Å². The molecular formula is C18H28. The van der Waals surface area contributed by atoms with E-state index in [4.69, 9.17) is 0 Å². The van der Waals surface area contributed by atoms with E-state index in [2.05, 4.69) is 45.6 Å². The van der Waals surface area contributed by atoms with E-state index in [0.29, 0.717) is 0 Å². The fraction of sp³-hybridized carbons (Fsp3) is 0.556. The van der Waals surface area contributed by atoms with E-state index in [1.54, 1.807) is 0 Å². The molecule has 0 nitrogen and oxygen atoms in total. The van der Waals surface area contributed by atoms with Crippen molar-refractivity contribution in [1.82, 2.24) is 0 Å². The number of rotatable bonds is 6. The number of allylic oxidation sites excluding steroid dienone is 7. The Kier molecular flexibility index (Phi) is 6.78. The van der Waals surface area contributed by atoms with Gasteiger partial charge in [-0.1, -0.05) is 47.1 Å². The van der Waals surface area contributed by atoms with Gasteiger partial charge in [0.2, 0.25) is 0 Å². The second kappa shape index (κ2) is 8.13. The Balaban J connectivity index is 2.25. The molecule has 0 unspecified atom stereocenters. The van der Waals surface area contributed by atoms with Gasteiger partial charge in [-0.05, 0) is 65.7 Å². The molecule has 0 amide bonds. The van der Waals surface area contributed by atoms with Gasteiger partial charge in [0.1, 0.15) is 0 Å². The highest BCUT2D eigenvalue weighted by Crippen LogP contribution is 2.20. The summed E-state index contributed by atoms with van der Waals surface area (Å²) in [5.74, 6) is 0. The summed E-state index contributed by atoms with van der Waals surface area (Å²) in [6.45, 7) is 10.7. The van der Waals surface area contributed by atoms with Crippen molar-refractivity contribution in [1.29, 1.82) is 0 Å². The standard InChI is InChI=1S/C18H28/c1-15(2)17(4)14-16(3)10-8-9-13-18-11-6-5-7-12-18/h9,11,13H,3,5-8,10,12,14H2,1-2,4H3/b13-9+. The molecular weight excluding hydrogens is 216 g/mol. The lowest BCUT2D eigenvalue weighted by molar-refractivity contribution is 0.711. The van der Waals surface area contributed by atoms with Crippen LogP contribution in [0.5, 0.6) is 0 Å². The molecule has 0 aliphatic heterocycles. The Morgan fingerprint density at radius 1 is 1.28 bits per heavy atom. The Hall–Kier alpha value is -1.04. The van der Waals surface area contributed by atoms with Gasteiger partial charge in [-0.3, -0.25) is 0 Å². The van der Waals surface area contributed by atoms with E-state index >= 15 is 0 Å². The second-order valence-corrected chi connectivity index (χ2v) is 5.67. The molecule has 1 aliphatic rings. The molecule has 0 bridgehead atoms. The van der Waals surface area contributed by atoms with Gasteiger partial charge in [-0.2, -0.15) is 0 Å². The molecule has 100 valence electrons. The van der Waals surface area contributed by atoms with Crippen molar-refractivity contribution < 1.29 is 0 Å². The predicted molar refractivity (Wildman–Crippen MR) is 82.7 cm³/mol. The fourth-order valence-electron chi connectivity index (χ4n) is 2.18. The zero-order chi connectivity index (χ0) is 13.4. The van der Waals surface area contributed by atoms with Crippen molar-refractivity contribution in [2.45, 2.75) is 65.7 Å². The number of hydrogen-bond acceptors (Lipinski definition) is 0. The van der Waals surface area contributed by atoms with Gasteiger partial charge in [0, 0.05) is 0 Å². The highest BCUT2D eigenvalue weighted by atomic mass is 14.1. The van der Waals surface area contributed by atoms with Crippen molar-refractivity contribution >= 4 is 0 Å². The van der Waals surface area contributed by atoms with Crippen LogP contribution in [0.15, 0.2) is 47.1 Å². The molecule has 0 radical (unpaired) electrons. The maximum Gasteiger partial charge on any atom is -0.0111 e. The first kappa shape index (κ1) is 15.0. The van der Waals surface area contributed by atoms with Crippen LogP contribution in [0.4, 0.5) is 0 Å². The summed E-state index contributed by atoms with van der Waals surface area (Å²) in [5.41, 5.74) is 5.79. The van der Waals surface area contributed by atoms with Crippen LogP contribution < -0.4 is 0 Å². The lowest BCUT2D eigenvalue weighted by Crippen LogP contribution is -1.88. The summed E-state index contributed by atoms with van der Waals surface area (Å²) >= 11 is 0. The van der Waals surface area contributed by atoms with E-state index < -0.39 is 0 Å². The van der Waals surface area contributed by atoms with Crippen LogP contribution >= 0.6 is 0 Å². The van der Waals surface area contributed by atoms with Crippen LogP contribution in [-0.2, 0) is 0 Å². The van der Waals surface area contributed by atoms with Crippen LogP contribution in [0.1, 0.15) is 65.7 Å². The third-order valence-electron chi connectivity index (χ3n) is 3.69. The summed E-state index contributed by atoms with van der Waals surface area (Å²) in [4.78, 5) is 0. The molecule has 0 aromatic carbocycles. The molecule has 0 atom stereocenters. The molecule has 0 fully saturated rings. The molecule has 0 heteroatoms. The fourth-order valence-corrected chi connectivity index (χ4v) is 2.18. The zero-order valence-electron chi connectivity index (χ0n) is 12.4. The van der Waals surface area contributed by atoms with Gasteiger partial charge in [0.15, 0.2) is 0 Å². The minimum Gasteiger partial charge on any atom is -0.0995 e. The summed E-state index contributed by atoms with van der Waals surface area (Å²) in [6, 6.07) is 0. The first-order chi connectivity index (χ1) is 8.59. The highest BCUT2D eigenvalue weighted by molar-refractivity contribution is 5.21. The summed E-state index contributed by atoms with van der Waals surface area (Å²) in [7, 11) is 0. The summed E-state index contributed by atoms with van der Waals surface area (Å²) in [6.07, 6.45) is 15.6. The predicted octanol–water partition coefficient (Wildman–Crippen LogP) is 6.13. The molecule has 18 heavy (non-hydrogen) atoms. The Labute approximate surface area is 113 Å². The summed E-state index contributed by atoms with van der Waals surface area (Å²) < 4.78 is 0. The maximum atomic E-state index is 4.18. The maximum absolute atomic E-state index is 4.18. The van der Waals surface area contributed by atoms with E-state index in [-0.39, 0.29) is 0 Å². The monoisotopic (exact) mass is 244 g/mol. The summed E-state index contributed by atoms with van der Waals surface area (Å²) in [5, 5.41) is 0. The average Bonchev–Trinajstić information content (AvgIpc) is 2.35. The minimum atomic E-state index is 1.07. The van der Waals surface area contributed by atoms with Gasteiger partial charge < -0.3 is 0 Å². The molecule has 0 N–H and O–H groups in total. The lowest BCUT2D eigenvalue weighted by Gasteiger charge is -2.08. The normalized spacial score (nSPS) is 15.6. The smallest absolute Gasteiger partial charge is 0.0111 e. The van der Waals surface area contributed by atoms with Gasteiger partial charge >= 0.3 is 0 Å². The quantitative estimate of drug-likeness (QED) is 0.493. The van der Waals surface area contributed by atoms with Crippen molar-refractivity contribution in [2.24, 2.45) is 0 Å². The molecule has 1 aliphatic carbocycles.